The highest BCUT2D eigenvalue weighted by Crippen LogP contribution is 2.30. The summed E-state index contributed by atoms with van der Waals surface area (Å²) in [6.07, 6.45) is 0.944. The van der Waals surface area contributed by atoms with Gasteiger partial charge in [0.25, 0.3) is 0 Å². The Bertz CT molecular complexity index is 577. The topological polar surface area (TPSA) is 24.9 Å². The van der Waals surface area contributed by atoms with E-state index in [-0.39, 0.29) is 5.54 Å². The number of nitrogens with one attached hydrogen (secondary N) is 1. The smallest absolute Gasteiger partial charge is 0.113 e. The lowest BCUT2D eigenvalue weighted by molar-refractivity contribution is 0.370. The Labute approximate surface area is 140 Å². The van der Waals surface area contributed by atoms with Crippen molar-refractivity contribution in [3.8, 4) is 0 Å². The third kappa shape index (κ3) is 4.15. The summed E-state index contributed by atoms with van der Waals surface area (Å²) in [5.41, 5.74) is 2.40. The highest BCUT2D eigenvalue weighted by molar-refractivity contribution is 9.10. The number of hydrogen-bond acceptors (Lipinski definition) is 3. The Morgan fingerprint density at radius 3 is 2.48 bits per heavy atom. The zero-order valence-corrected chi connectivity index (χ0v) is 15.5. The zero-order chi connectivity index (χ0) is 15.5. The van der Waals surface area contributed by atoms with E-state index in [2.05, 4.69) is 78.6 Å². The van der Waals surface area contributed by atoms with Crippen molar-refractivity contribution in [3.63, 3.8) is 0 Å². The molecule has 1 aromatic carbocycles. The third-order valence-electron chi connectivity index (χ3n) is 3.62. The number of thiazole rings is 1. The molecule has 2 nitrogen and oxygen atoms in total. The second kappa shape index (κ2) is 7.03. The average Bonchev–Trinajstić information content (AvgIpc) is 2.92. The largest absolute Gasteiger partial charge is 0.306 e. The molecule has 114 valence electrons. The molecular weight excluding hydrogens is 344 g/mol. The molecule has 0 radical (unpaired) electrons. The van der Waals surface area contributed by atoms with E-state index in [1.165, 1.54) is 16.3 Å². The highest BCUT2D eigenvalue weighted by Gasteiger charge is 2.29. The first-order valence-electron chi connectivity index (χ1n) is 7.40. The molecule has 0 aliphatic carbocycles. The summed E-state index contributed by atoms with van der Waals surface area (Å²) >= 11 is 5.26. The van der Waals surface area contributed by atoms with E-state index in [0.717, 1.165) is 17.4 Å². The molecule has 1 N–H and O–H groups in total. The van der Waals surface area contributed by atoms with Crippen LogP contribution in [-0.2, 0) is 12.0 Å². The van der Waals surface area contributed by atoms with Crippen LogP contribution < -0.4 is 5.32 Å². The number of benzene rings is 1. The van der Waals surface area contributed by atoms with Crippen LogP contribution in [0.5, 0.6) is 0 Å². The molecule has 2 rings (SSSR count). The lowest BCUT2D eigenvalue weighted by Crippen LogP contribution is -2.41. The Morgan fingerprint density at radius 2 is 1.95 bits per heavy atom. The molecule has 21 heavy (non-hydrogen) atoms. The van der Waals surface area contributed by atoms with Gasteiger partial charge < -0.3 is 5.32 Å². The van der Waals surface area contributed by atoms with Crippen molar-refractivity contribution < 1.29 is 0 Å². The van der Waals surface area contributed by atoms with E-state index in [4.69, 9.17) is 4.98 Å². The van der Waals surface area contributed by atoms with Crippen molar-refractivity contribution in [2.45, 2.75) is 45.6 Å². The second-order valence-corrected chi connectivity index (χ2v) is 7.67. The normalized spacial score (nSPS) is 14.4. The molecule has 4 heteroatoms. The van der Waals surface area contributed by atoms with Crippen molar-refractivity contribution in [1.82, 2.24) is 10.3 Å². The number of aromatic nitrogens is 1. The minimum atomic E-state index is -0.111. The molecule has 0 spiro atoms. The van der Waals surface area contributed by atoms with Gasteiger partial charge in [-0.05, 0) is 43.5 Å². The average molecular weight is 367 g/mol. The lowest BCUT2D eigenvalue weighted by Gasteiger charge is -2.29. The predicted molar refractivity (Wildman–Crippen MR) is 95.1 cm³/mol. The first-order valence-corrected chi connectivity index (χ1v) is 9.07. The summed E-state index contributed by atoms with van der Waals surface area (Å²) in [4.78, 5) is 4.86. The van der Waals surface area contributed by atoms with Gasteiger partial charge in [0, 0.05) is 9.85 Å². The van der Waals surface area contributed by atoms with Gasteiger partial charge >= 0.3 is 0 Å². The maximum absolute atomic E-state index is 4.86. The molecular formula is C17H23BrN2S. The highest BCUT2D eigenvalue weighted by atomic mass is 79.9. The van der Waals surface area contributed by atoms with Gasteiger partial charge in [0.15, 0.2) is 0 Å². The molecule has 0 saturated carbocycles. The molecule has 0 aliphatic rings. The Hall–Kier alpha value is -0.710. The molecule has 0 fully saturated rings. The summed E-state index contributed by atoms with van der Waals surface area (Å²) in [6, 6.07) is 8.56. The van der Waals surface area contributed by atoms with E-state index in [1.807, 2.05) is 0 Å². The van der Waals surface area contributed by atoms with E-state index < -0.39 is 0 Å². The number of likely N-dealkylation sites (N-methyl/N-ethyl adjacent to an activating group) is 1. The number of halogens is 1. The van der Waals surface area contributed by atoms with E-state index in [1.54, 1.807) is 11.3 Å². The van der Waals surface area contributed by atoms with Gasteiger partial charge in [-0.3, -0.25) is 0 Å². The molecule has 0 saturated heterocycles. The molecule has 1 atom stereocenters. The molecule has 0 aliphatic heterocycles. The summed E-state index contributed by atoms with van der Waals surface area (Å²) in [6.45, 7) is 9.72. The monoisotopic (exact) mass is 366 g/mol. The lowest BCUT2D eigenvalue weighted by atomic mass is 9.93. The molecule has 1 heterocycles. The van der Waals surface area contributed by atoms with Crippen LogP contribution in [0, 0.1) is 0 Å². The van der Waals surface area contributed by atoms with E-state index in [9.17, 15) is 0 Å². The molecule has 0 bridgehead atoms. The van der Waals surface area contributed by atoms with Crippen LogP contribution in [-0.4, -0.2) is 11.5 Å². The molecule has 1 unspecified atom stereocenters. The van der Waals surface area contributed by atoms with Gasteiger partial charge in [-0.1, -0.05) is 48.8 Å². The third-order valence-corrected chi connectivity index (χ3v) is 5.28. The second-order valence-electron chi connectivity index (χ2n) is 5.90. The molecule has 2 aromatic rings. The SMILES string of the molecule is CCNC(C)(Cc1ccc(Br)cc1)c1nc(C(C)C)cs1. The van der Waals surface area contributed by atoms with E-state index >= 15 is 0 Å². The van der Waals surface area contributed by atoms with Crippen LogP contribution in [0.3, 0.4) is 0 Å². The number of nitrogens with zero attached hydrogens (tertiary/aromatic N) is 1. The van der Waals surface area contributed by atoms with Gasteiger partial charge in [-0.15, -0.1) is 11.3 Å². The van der Waals surface area contributed by atoms with Crippen molar-refractivity contribution in [2.24, 2.45) is 0 Å². The summed E-state index contributed by atoms with van der Waals surface area (Å²) in [5, 5.41) is 7.00. The van der Waals surface area contributed by atoms with Crippen molar-refractivity contribution in [2.75, 3.05) is 6.54 Å². The van der Waals surface area contributed by atoms with Gasteiger partial charge in [0.05, 0.1) is 11.2 Å². The van der Waals surface area contributed by atoms with E-state index in [0.29, 0.717) is 5.92 Å². The van der Waals surface area contributed by atoms with Gasteiger partial charge in [0.1, 0.15) is 5.01 Å². The van der Waals surface area contributed by atoms with Gasteiger partial charge in [0.2, 0.25) is 0 Å². The number of rotatable bonds is 6. The fraction of sp³-hybridized carbons (Fsp3) is 0.471. The van der Waals surface area contributed by atoms with Gasteiger partial charge in [-0.25, -0.2) is 4.98 Å². The van der Waals surface area contributed by atoms with Crippen LogP contribution in [0.2, 0.25) is 0 Å². The summed E-state index contributed by atoms with van der Waals surface area (Å²) in [7, 11) is 0. The van der Waals surface area contributed by atoms with Crippen LogP contribution in [0.25, 0.3) is 0 Å². The first kappa shape index (κ1) is 16.7. The van der Waals surface area contributed by atoms with Crippen molar-refractivity contribution in [1.29, 1.82) is 0 Å². The minimum absolute atomic E-state index is 0.111. The first-order chi connectivity index (χ1) is 9.94. The van der Waals surface area contributed by atoms with Crippen LogP contribution >= 0.6 is 27.3 Å². The molecule has 1 aromatic heterocycles. The fourth-order valence-electron chi connectivity index (χ4n) is 2.42. The molecule has 0 amide bonds. The summed E-state index contributed by atoms with van der Waals surface area (Å²) in [5.74, 6) is 0.480. The van der Waals surface area contributed by atoms with Crippen molar-refractivity contribution >= 4 is 27.3 Å². The number of hydrogen-bond donors (Lipinski definition) is 1. The maximum Gasteiger partial charge on any atom is 0.113 e. The predicted octanol–water partition coefficient (Wildman–Crippen LogP) is 5.10. The Balaban J connectivity index is 2.27. The fourth-order valence-corrected chi connectivity index (χ4v) is 3.80. The van der Waals surface area contributed by atoms with Crippen LogP contribution in [0.4, 0.5) is 0 Å². The van der Waals surface area contributed by atoms with Crippen LogP contribution in [0.15, 0.2) is 34.1 Å². The minimum Gasteiger partial charge on any atom is -0.306 e. The van der Waals surface area contributed by atoms with Gasteiger partial charge in [-0.2, -0.15) is 0 Å². The summed E-state index contributed by atoms with van der Waals surface area (Å²) < 4.78 is 1.12. The Morgan fingerprint density at radius 1 is 1.29 bits per heavy atom. The zero-order valence-electron chi connectivity index (χ0n) is 13.1. The Kier molecular flexibility index (Phi) is 5.58. The van der Waals surface area contributed by atoms with Crippen LogP contribution in [0.1, 0.15) is 49.9 Å². The standard InChI is InChI=1S/C17H23BrN2S/c1-5-19-17(4,10-13-6-8-14(18)9-7-13)16-20-15(11-21-16)12(2)3/h6-9,11-12,19H,5,10H2,1-4H3. The quantitative estimate of drug-likeness (QED) is 0.769. The van der Waals surface area contributed by atoms with Crippen molar-refractivity contribution in [3.05, 3.63) is 50.4 Å². The maximum atomic E-state index is 4.86.